The molecule has 0 radical (unpaired) electrons. The quantitative estimate of drug-likeness (QED) is 0.419. The van der Waals surface area contributed by atoms with Crippen molar-refractivity contribution in [1.82, 2.24) is 4.98 Å². The number of benzene rings is 1. The lowest BCUT2D eigenvalue weighted by molar-refractivity contribution is 0.282. The number of aliphatic hydroxyl groups is 1. The normalized spacial score (nSPS) is 10.5. The minimum atomic E-state index is -0.204. The van der Waals surface area contributed by atoms with E-state index in [1.807, 2.05) is 0 Å². The minimum Gasteiger partial charge on any atom is -0.392 e. The standard InChI is InChI=1S/C10H11N3O2/c11-13-9-4-7-3-6(5-14)1-2-8(7)10(15)12-9/h1-4,14H,5,11H2,(H2,12,13,15). The zero-order valence-corrected chi connectivity index (χ0v) is 7.95. The van der Waals surface area contributed by atoms with Gasteiger partial charge in [-0.05, 0) is 29.1 Å². The Morgan fingerprint density at radius 3 is 2.87 bits per heavy atom. The summed E-state index contributed by atoms with van der Waals surface area (Å²) in [6.45, 7) is -0.0475. The fourth-order valence-corrected chi connectivity index (χ4v) is 1.50. The van der Waals surface area contributed by atoms with Crippen LogP contribution in [0.5, 0.6) is 0 Å². The van der Waals surface area contributed by atoms with Gasteiger partial charge in [-0.2, -0.15) is 0 Å². The molecule has 2 rings (SSSR count). The van der Waals surface area contributed by atoms with E-state index in [1.165, 1.54) is 0 Å². The lowest BCUT2D eigenvalue weighted by Crippen LogP contribution is -2.14. The van der Waals surface area contributed by atoms with E-state index in [2.05, 4.69) is 10.4 Å². The topological polar surface area (TPSA) is 91.1 Å². The molecule has 1 aromatic heterocycles. The van der Waals surface area contributed by atoms with Gasteiger partial charge in [-0.1, -0.05) is 6.07 Å². The summed E-state index contributed by atoms with van der Waals surface area (Å²) in [6.07, 6.45) is 0. The van der Waals surface area contributed by atoms with E-state index in [1.54, 1.807) is 24.3 Å². The highest BCUT2D eigenvalue weighted by Crippen LogP contribution is 2.14. The molecule has 2 aromatic rings. The number of fused-ring (bicyclic) bond motifs is 1. The maximum atomic E-state index is 11.5. The number of aliphatic hydroxyl groups excluding tert-OH is 1. The van der Waals surface area contributed by atoms with Gasteiger partial charge in [0.2, 0.25) is 0 Å². The molecule has 15 heavy (non-hydrogen) atoms. The molecule has 0 unspecified atom stereocenters. The average Bonchev–Trinajstić information content (AvgIpc) is 2.28. The van der Waals surface area contributed by atoms with Crippen LogP contribution in [0.1, 0.15) is 5.56 Å². The summed E-state index contributed by atoms with van der Waals surface area (Å²) >= 11 is 0. The molecule has 0 atom stereocenters. The van der Waals surface area contributed by atoms with Gasteiger partial charge in [-0.25, -0.2) is 5.84 Å². The highest BCUT2D eigenvalue weighted by molar-refractivity contribution is 5.84. The van der Waals surface area contributed by atoms with E-state index in [0.717, 1.165) is 10.9 Å². The lowest BCUT2D eigenvalue weighted by Gasteiger charge is -2.03. The van der Waals surface area contributed by atoms with Gasteiger partial charge in [-0.15, -0.1) is 0 Å². The zero-order valence-electron chi connectivity index (χ0n) is 7.95. The second kappa shape index (κ2) is 3.72. The summed E-state index contributed by atoms with van der Waals surface area (Å²) in [5, 5.41) is 10.3. The van der Waals surface area contributed by atoms with Gasteiger partial charge in [-0.3, -0.25) is 4.79 Å². The molecule has 5 heteroatoms. The number of aromatic nitrogens is 1. The van der Waals surface area contributed by atoms with E-state index < -0.39 is 0 Å². The van der Waals surface area contributed by atoms with E-state index in [9.17, 15) is 4.79 Å². The number of hydrogen-bond donors (Lipinski definition) is 4. The third kappa shape index (κ3) is 1.70. The number of nitrogens with two attached hydrogens (primary N) is 1. The van der Waals surface area contributed by atoms with Crippen LogP contribution in [0.4, 0.5) is 5.82 Å². The van der Waals surface area contributed by atoms with Crippen molar-refractivity contribution in [2.75, 3.05) is 5.43 Å². The summed E-state index contributed by atoms with van der Waals surface area (Å²) in [6, 6.07) is 6.87. The smallest absolute Gasteiger partial charge is 0.257 e. The fraction of sp³-hybridized carbons (Fsp3) is 0.100. The predicted octanol–water partition coefficient (Wildman–Crippen LogP) is 0.306. The number of nitrogen functional groups attached to an aromatic ring is 1. The first-order valence-corrected chi connectivity index (χ1v) is 4.48. The van der Waals surface area contributed by atoms with Crippen LogP contribution < -0.4 is 16.8 Å². The molecule has 5 nitrogen and oxygen atoms in total. The van der Waals surface area contributed by atoms with Crippen molar-refractivity contribution in [2.45, 2.75) is 6.61 Å². The number of pyridine rings is 1. The number of nitrogens with one attached hydrogen (secondary N) is 2. The molecular formula is C10H11N3O2. The molecule has 1 heterocycles. The van der Waals surface area contributed by atoms with Crippen molar-refractivity contribution in [1.29, 1.82) is 0 Å². The second-order valence-electron chi connectivity index (χ2n) is 3.24. The van der Waals surface area contributed by atoms with Crippen LogP contribution >= 0.6 is 0 Å². The van der Waals surface area contributed by atoms with Crippen LogP contribution in [0.25, 0.3) is 10.8 Å². The number of rotatable bonds is 2. The Bertz CT molecular complexity index is 543. The van der Waals surface area contributed by atoms with Crippen molar-refractivity contribution in [3.63, 3.8) is 0 Å². The van der Waals surface area contributed by atoms with Crippen LogP contribution in [0.3, 0.4) is 0 Å². The third-order valence-electron chi connectivity index (χ3n) is 2.25. The maximum absolute atomic E-state index is 11.5. The molecule has 0 amide bonds. The Hall–Kier alpha value is -1.85. The minimum absolute atomic E-state index is 0.0475. The number of hydrogen-bond acceptors (Lipinski definition) is 4. The first-order chi connectivity index (χ1) is 7.24. The highest BCUT2D eigenvalue weighted by atomic mass is 16.3. The lowest BCUT2D eigenvalue weighted by atomic mass is 10.1. The summed E-state index contributed by atoms with van der Waals surface area (Å²) in [4.78, 5) is 14.1. The van der Waals surface area contributed by atoms with Gasteiger partial charge < -0.3 is 15.5 Å². The Kier molecular flexibility index (Phi) is 2.40. The van der Waals surface area contributed by atoms with E-state index in [0.29, 0.717) is 11.2 Å². The fourth-order valence-electron chi connectivity index (χ4n) is 1.50. The Labute approximate surface area is 85.5 Å². The van der Waals surface area contributed by atoms with E-state index in [-0.39, 0.29) is 12.2 Å². The molecule has 0 spiro atoms. The molecule has 0 aliphatic rings. The number of anilines is 1. The van der Waals surface area contributed by atoms with Crippen molar-refractivity contribution in [3.05, 3.63) is 40.2 Å². The summed E-state index contributed by atoms with van der Waals surface area (Å²) in [5.74, 6) is 5.66. The van der Waals surface area contributed by atoms with E-state index in [4.69, 9.17) is 10.9 Å². The van der Waals surface area contributed by atoms with Crippen molar-refractivity contribution >= 4 is 16.6 Å². The second-order valence-corrected chi connectivity index (χ2v) is 3.24. The van der Waals surface area contributed by atoms with Gasteiger partial charge in [0.25, 0.3) is 5.56 Å². The summed E-state index contributed by atoms with van der Waals surface area (Å²) in [7, 11) is 0. The van der Waals surface area contributed by atoms with Crippen LogP contribution in [-0.4, -0.2) is 10.1 Å². The maximum Gasteiger partial charge on any atom is 0.257 e. The third-order valence-corrected chi connectivity index (χ3v) is 2.25. The number of aromatic amines is 1. The molecule has 0 saturated carbocycles. The largest absolute Gasteiger partial charge is 0.392 e. The molecular weight excluding hydrogens is 194 g/mol. The Morgan fingerprint density at radius 2 is 2.20 bits per heavy atom. The molecule has 0 fully saturated rings. The van der Waals surface area contributed by atoms with Crippen LogP contribution in [0, 0.1) is 0 Å². The summed E-state index contributed by atoms with van der Waals surface area (Å²) < 4.78 is 0. The number of hydrazine groups is 1. The van der Waals surface area contributed by atoms with Crippen LogP contribution in [-0.2, 0) is 6.61 Å². The van der Waals surface area contributed by atoms with Gasteiger partial charge >= 0.3 is 0 Å². The molecule has 0 aliphatic heterocycles. The highest BCUT2D eigenvalue weighted by Gasteiger charge is 2.01. The first-order valence-electron chi connectivity index (χ1n) is 4.48. The van der Waals surface area contributed by atoms with Gasteiger partial charge in [0.1, 0.15) is 5.82 Å². The van der Waals surface area contributed by atoms with Crippen LogP contribution in [0.2, 0.25) is 0 Å². The van der Waals surface area contributed by atoms with Crippen LogP contribution in [0.15, 0.2) is 29.1 Å². The number of H-pyrrole nitrogens is 1. The van der Waals surface area contributed by atoms with Crippen molar-refractivity contribution in [3.8, 4) is 0 Å². The summed E-state index contributed by atoms with van der Waals surface area (Å²) in [5.41, 5.74) is 2.94. The zero-order chi connectivity index (χ0) is 10.8. The SMILES string of the molecule is NNc1cc2cc(CO)ccc2c(=O)[nH]1. The average molecular weight is 205 g/mol. The molecule has 0 aliphatic carbocycles. The molecule has 0 bridgehead atoms. The molecule has 1 aromatic carbocycles. The van der Waals surface area contributed by atoms with Crippen molar-refractivity contribution in [2.24, 2.45) is 5.84 Å². The predicted molar refractivity (Wildman–Crippen MR) is 58.3 cm³/mol. The Balaban J connectivity index is 2.75. The van der Waals surface area contributed by atoms with Gasteiger partial charge in [0.15, 0.2) is 0 Å². The first kappa shape index (κ1) is 9.70. The monoisotopic (exact) mass is 205 g/mol. The van der Waals surface area contributed by atoms with Gasteiger partial charge in [0, 0.05) is 5.39 Å². The molecule has 5 N–H and O–H groups in total. The molecule has 0 saturated heterocycles. The van der Waals surface area contributed by atoms with E-state index >= 15 is 0 Å². The van der Waals surface area contributed by atoms with Gasteiger partial charge in [0.05, 0.1) is 6.61 Å². The van der Waals surface area contributed by atoms with Crippen molar-refractivity contribution < 1.29 is 5.11 Å². The molecule has 78 valence electrons. The Morgan fingerprint density at radius 1 is 1.40 bits per heavy atom.